The molecule has 0 radical (unpaired) electrons. The molecule has 1 aromatic rings. The summed E-state index contributed by atoms with van der Waals surface area (Å²) >= 11 is 4.92. The number of rotatable bonds is 6. The first kappa shape index (κ1) is 16.6. The second-order valence-corrected chi connectivity index (χ2v) is 6.38. The zero-order chi connectivity index (χ0) is 15.3. The minimum Gasteiger partial charge on any atom is -0.389 e. The molecule has 0 unspecified atom stereocenters. The average Bonchev–Trinajstić information content (AvgIpc) is 2.36. The minimum atomic E-state index is 0.0712. The van der Waals surface area contributed by atoms with Crippen molar-refractivity contribution in [3.63, 3.8) is 0 Å². The molecule has 1 amide bonds. The summed E-state index contributed by atoms with van der Waals surface area (Å²) in [6.07, 6.45) is 0. The Morgan fingerprint density at radius 3 is 1.80 bits per heavy atom. The molecule has 0 spiro atoms. The summed E-state index contributed by atoms with van der Waals surface area (Å²) in [7, 11) is 0. The van der Waals surface area contributed by atoms with Crippen molar-refractivity contribution >= 4 is 23.1 Å². The summed E-state index contributed by atoms with van der Waals surface area (Å²) < 4.78 is 0. The topological polar surface area (TPSA) is 46.3 Å². The van der Waals surface area contributed by atoms with Crippen LogP contribution in [0.15, 0.2) is 24.3 Å². The minimum absolute atomic E-state index is 0.0712. The maximum Gasteiger partial charge on any atom is 0.253 e. The van der Waals surface area contributed by atoms with E-state index in [-0.39, 0.29) is 5.91 Å². The third-order valence-electron chi connectivity index (χ3n) is 2.87. The molecular weight excluding hydrogens is 268 g/mol. The Kier molecular flexibility index (Phi) is 6.14. The molecule has 110 valence electrons. The largest absolute Gasteiger partial charge is 0.389 e. The number of thiocarbonyl (C=S) groups is 1. The lowest BCUT2D eigenvalue weighted by atomic mass is 10.1. The Labute approximate surface area is 127 Å². The molecule has 0 saturated heterocycles. The average molecular weight is 292 g/mol. The van der Waals surface area contributed by atoms with Crippen LogP contribution in [0.25, 0.3) is 0 Å². The highest BCUT2D eigenvalue weighted by Crippen LogP contribution is 2.12. The third-order valence-corrected chi connectivity index (χ3v) is 3.11. The smallest absolute Gasteiger partial charge is 0.253 e. The zero-order valence-electron chi connectivity index (χ0n) is 12.7. The molecule has 0 atom stereocenters. The first-order chi connectivity index (χ1) is 9.31. The van der Waals surface area contributed by atoms with Crippen LogP contribution in [0.3, 0.4) is 0 Å². The number of carbonyl (C=O) groups is 1. The monoisotopic (exact) mass is 292 g/mol. The van der Waals surface area contributed by atoms with Gasteiger partial charge in [0.05, 0.1) is 0 Å². The standard InChI is InChI=1S/C16H24N2OS/c1-11(2)9-18(10-12(3)4)16(19)14-7-5-13(6-8-14)15(17)20/h5-8,11-12H,9-10H2,1-4H3,(H2,17,20). The van der Waals surface area contributed by atoms with Gasteiger partial charge in [-0.15, -0.1) is 0 Å². The molecular formula is C16H24N2OS. The molecule has 0 aliphatic heterocycles. The molecule has 4 heteroatoms. The third kappa shape index (κ3) is 4.93. The summed E-state index contributed by atoms with van der Waals surface area (Å²) in [4.78, 5) is 14.8. The molecule has 0 aliphatic rings. The van der Waals surface area contributed by atoms with Crippen molar-refractivity contribution in [3.8, 4) is 0 Å². The van der Waals surface area contributed by atoms with Gasteiger partial charge in [-0.2, -0.15) is 0 Å². The molecule has 0 aromatic heterocycles. The number of amides is 1. The van der Waals surface area contributed by atoms with Gasteiger partial charge in [0.1, 0.15) is 4.99 Å². The Balaban J connectivity index is 2.90. The van der Waals surface area contributed by atoms with Crippen molar-refractivity contribution in [2.75, 3.05) is 13.1 Å². The fourth-order valence-electron chi connectivity index (χ4n) is 2.08. The van der Waals surface area contributed by atoms with Crippen molar-refractivity contribution in [3.05, 3.63) is 35.4 Å². The van der Waals surface area contributed by atoms with Crippen LogP contribution in [-0.2, 0) is 0 Å². The lowest BCUT2D eigenvalue weighted by molar-refractivity contribution is 0.0715. The second kappa shape index (κ2) is 7.39. The molecule has 0 heterocycles. The lowest BCUT2D eigenvalue weighted by Crippen LogP contribution is -2.37. The van der Waals surface area contributed by atoms with Crippen molar-refractivity contribution in [2.24, 2.45) is 17.6 Å². The van der Waals surface area contributed by atoms with Crippen molar-refractivity contribution in [1.29, 1.82) is 0 Å². The number of benzene rings is 1. The first-order valence-electron chi connectivity index (χ1n) is 7.00. The van der Waals surface area contributed by atoms with Gasteiger partial charge in [-0.25, -0.2) is 0 Å². The predicted octanol–water partition coefficient (Wildman–Crippen LogP) is 3.08. The predicted molar refractivity (Wildman–Crippen MR) is 87.9 cm³/mol. The normalized spacial score (nSPS) is 10.9. The first-order valence-corrected chi connectivity index (χ1v) is 7.41. The molecule has 1 rings (SSSR count). The van der Waals surface area contributed by atoms with Gasteiger partial charge in [-0.3, -0.25) is 4.79 Å². The summed E-state index contributed by atoms with van der Waals surface area (Å²) in [5.41, 5.74) is 7.04. The van der Waals surface area contributed by atoms with Crippen LogP contribution < -0.4 is 5.73 Å². The van der Waals surface area contributed by atoms with Crippen LogP contribution in [0.1, 0.15) is 43.6 Å². The molecule has 0 aliphatic carbocycles. The number of carbonyl (C=O) groups excluding carboxylic acids is 1. The Hall–Kier alpha value is -1.42. The highest BCUT2D eigenvalue weighted by molar-refractivity contribution is 7.80. The van der Waals surface area contributed by atoms with Crippen LogP contribution in [0.5, 0.6) is 0 Å². The molecule has 0 fully saturated rings. The van der Waals surface area contributed by atoms with Crippen LogP contribution in [0.2, 0.25) is 0 Å². The van der Waals surface area contributed by atoms with E-state index in [4.69, 9.17) is 18.0 Å². The maximum absolute atomic E-state index is 12.6. The summed E-state index contributed by atoms with van der Waals surface area (Å²) in [5, 5.41) is 0. The van der Waals surface area contributed by atoms with Gasteiger partial charge >= 0.3 is 0 Å². The highest BCUT2D eigenvalue weighted by atomic mass is 32.1. The van der Waals surface area contributed by atoms with E-state index in [0.717, 1.165) is 18.7 Å². The van der Waals surface area contributed by atoms with E-state index in [0.29, 0.717) is 22.4 Å². The van der Waals surface area contributed by atoms with Gasteiger partial charge in [0.2, 0.25) is 0 Å². The van der Waals surface area contributed by atoms with Crippen molar-refractivity contribution < 1.29 is 4.79 Å². The maximum atomic E-state index is 12.6. The molecule has 20 heavy (non-hydrogen) atoms. The van der Waals surface area contributed by atoms with Gasteiger partial charge in [-0.1, -0.05) is 52.0 Å². The lowest BCUT2D eigenvalue weighted by Gasteiger charge is -2.26. The molecule has 0 bridgehead atoms. The van der Waals surface area contributed by atoms with Gasteiger partial charge in [-0.05, 0) is 24.0 Å². The fourth-order valence-corrected chi connectivity index (χ4v) is 2.22. The number of hydrogen-bond acceptors (Lipinski definition) is 2. The van der Waals surface area contributed by atoms with E-state index >= 15 is 0 Å². The summed E-state index contributed by atoms with van der Waals surface area (Å²) in [5.74, 6) is 0.976. The Morgan fingerprint density at radius 2 is 1.45 bits per heavy atom. The van der Waals surface area contributed by atoms with Crippen molar-refractivity contribution in [2.45, 2.75) is 27.7 Å². The summed E-state index contributed by atoms with van der Waals surface area (Å²) in [6.45, 7) is 10.0. The van der Waals surface area contributed by atoms with Crippen LogP contribution in [0.4, 0.5) is 0 Å². The molecule has 1 aromatic carbocycles. The molecule has 3 nitrogen and oxygen atoms in total. The van der Waals surface area contributed by atoms with Crippen LogP contribution in [0, 0.1) is 11.8 Å². The van der Waals surface area contributed by atoms with Gasteiger partial charge in [0.15, 0.2) is 0 Å². The second-order valence-electron chi connectivity index (χ2n) is 5.94. The Bertz CT molecular complexity index is 456. The number of hydrogen-bond donors (Lipinski definition) is 1. The SMILES string of the molecule is CC(C)CN(CC(C)C)C(=O)c1ccc(C(N)=S)cc1. The molecule has 2 N–H and O–H groups in total. The quantitative estimate of drug-likeness (QED) is 0.820. The van der Waals surface area contributed by atoms with Crippen LogP contribution in [-0.4, -0.2) is 28.9 Å². The molecule has 0 saturated carbocycles. The van der Waals surface area contributed by atoms with E-state index in [2.05, 4.69) is 27.7 Å². The van der Waals surface area contributed by atoms with E-state index in [1.54, 1.807) is 24.3 Å². The number of nitrogens with two attached hydrogens (primary N) is 1. The fraction of sp³-hybridized carbons (Fsp3) is 0.500. The van der Waals surface area contributed by atoms with E-state index < -0.39 is 0 Å². The van der Waals surface area contributed by atoms with E-state index in [9.17, 15) is 4.79 Å². The zero-order valence-corrected chi connectivity index (χ0v) is 13.5. The Morgan fingerprint density at radius 1 is 1.05 bits per heavy atom. The number of nitrogens with zero attached hydrogens (tertiary/aromatic N) is 1. The van der Waals surface area contributed by atoms with Crippen molar-refractivity contribution in [1.82, 2.24) is 4.90 Å². The van der Waals surface area contributed by atoms with E-state index in [1.807, 2.05) is 4.90 Å². The van der Waals surface area contributed by atoms with Gasteiger partial charge in [0.25, 0.3) is 5.91 Å². The van der Waals surface area contributed by atoms with E-state index in [1.165, 1.54) is 0 Å². The highest BCUT2D eigenvalue weighted by Gasteiger charge is 2.18. The summed E-state index contributed by atoms with van der Waals surface area (Å²) in [6, 6.07) is 7.20. The van der Waals surface area contributed by atoms with Gasteiger partial charge < -0.3 is 10.6 Å². The van der Waals surface area contributed by atoms with Gasteiger partial charge in [0, 0.05) is 24.2 Å². The van der Waals surface area contributed by atoms with Crippen LogP contribution >= 0.6 is 12.2 Å².